The molecule has 0 radical (unpaired) electrons. The Morgan fingerprint density at radius 3 is 2.79 bits per heavy atom. The molecule has 102 valence electrons. The van der Waals surface area contributed by atoms with Crippen LogP contribution in [0.25, 0.3) is 0 Å². The minimum Gasteiger partial charge on any atom is -0.335 e. The molecule has 7 nitrogen and oxygen atoms in total. The van der Waals surface area contributed by atoms with E-state index in [4.69, 9.17) is 17.4 Å². The summed E-state index contributed by atoms with van der Waals surface area (Å²) in [6, 6.07) is 3.27. The van der Waals surface area contributed by atoms with Gasteiger partial charge in [-0.05, 0) is 12.1 Å². The highest BCUT2D eigenvalue weighted by molar-refractivity contribution is 6.31. The minimum absolute atomic E-state index is 0.0353. The molecule has 19 heavy (non-hydrogen) atoms. The van der Waals surface area contributed by atoms with Crippen LogP contribution < -0.4 is 11.3 Å². The van der Waals surface area contributed by atoms with Crippen molar-refractivity contribution in [3.05, 3.63) is 22.8 Å². The van der Waals surface area contributed by atoms with E-state index in [1.165, 1.54) is 9.80 Å². The predicted octanol–water partition coefficient (Wildman–Crippen LogP) is -0.179. The van der Waals surface area contributed by atoms with Gasteiger partial charge in [0.25, 0.3) is 0 Å². The smallest absolute Gasteiger partial charge is 0.243 e. The first-order valence-electron chi connectivity index (χ1n) is 5.65. The van der Waals surface area contributed by atoms with Crippen molar-refractivity contribution in [1.29, 1.82) is 0 Å². The van der Waals surface area contributed by atoms with Crippen molar-refractivity contribution in [2.45, 2.75) is 6.54 Å². The van der Waals surface area contributed by atoms with Crippen LogP contribution in [0.4, 0.5) is 5.82 Å². The van der Waals surface area contributed by atoms with Crippen LogP contribution in [-0.4, -0.2) is 46.7 Å². The molecule has 2 heterocycles. The average Bonchev–Trinajstić information content (AvgIpc) is 2.38. The van der Waals surface area contributed by atoms with Gasteiger partial charge in [-0.15, -0.1) is 0 Å². The van der Waals surface area contributed by atoms with E-state index in [0.717, 1.165) is 0 Å². The first kappa shape index (κ1) is 13.6. The van der Waals surface area contributed by atoms with Crippen LogP contribution in [0.15, 0.2) is 12.1 Å². The molecule has 0 bridgehead atoms. The summed E-state index contributed by atoms with van der Waals surface area (Å²) in [7, 11) is 1.60. The second kappa shape index (κ2) is 5.41. The Labute approximate surface area is 115 Å². The zero-order chi connectivity index (χ0) is 14.0. The van der Waals surface area contributed by atoms with Crippen LogP contribution in [-0.2, 0) is 16.1 Å². The van der Waals surface area contributed by atoms with E-state index in [-0.39, 0.29) is 31.4 Å². The summed E-state index contributed by atoms with van der Waals surface area (Å²) in [5.74, 6) is 5.48. The van der Waals surface area contributed by atoms with Crippen LogP contribution in [0.3, 0.4) is 0 Å². The number of carbonyl (C=O) groups is 2. The number of piperazine rings is 1. The van der Waals surface area contributed by atoms with Crippen molar-refractivity contribution >= 4 is 29.2 Å². The highest BCUT2D eigenvalue weighted by atomic mass is 35.5. The van der Waals surface area contributed by atoms with E-state index in [1.807, 2.05) is 0 Å². The molecule has 0 aliphatic carbocycles. The van der Waals surface area contributed by atoms with Crippen LogP contribution in [0, 0.1) is 0 Å². The maximum atomic E-state index is 11.8. The zero-order valence-corrected chi connectivity index (χ0v) is 11.1. The summed E-state index contributed by atoms with van der Waals surface area (Å²) in [5, 5.41) is 0.429. The van der Waals surface area contributed by atoms with Gasteiger partial charge in [0.15, 0.2) is 0 Å². The van der Waals surface area contributed by atoms with E-state index in [0.29, 0.717) is 16.5 Å². The van der Waals surface area contributed by atoms with E-state index in [9.17, 15) is 9.59 Å². The number of carbonyl (C=O) groups excluding carboxylic acids is 2. The number of halogens is 1. The minimum atomic E-state index is -0.133. The number of nitrogens with zero attached hydrogens (tertiary/aromatic N) is 3. The quantitative estimate of drug-likeness (QED) is 0.593. The second-order valence-corrected chi connectivity index (χ2v) is 4.68. The largest absolute Gasteiger partial charge is 0.335 e. The standard InChI is InChI=1S/C11H14ClN5O2/c1-16-5-11(19)17(6-10(16)18)4-8-7(12)2-3-9(14-8)15-13/h2-3H,4-6,13H2,1H3,(H,14,15). The monoisotopic (exact) mass is 283 g/mol. The lowest BCUT2D eigenvalue weighted by Gasteiger charge is -2.31. The fraction of sp³-hybridized carbons (Fsp3) is 0.364. The van der Waals surface area contributed by atoms with Crippen molar-refractivity contribution in [2.24, 2.45) is 5.84 Å². The summed E-state index contributed by atoms with van der Waals surface area (Å²) in [4.78, 5) is 30.4. The number of hydrogen-bond acceptors (Lipinski definition) is 5. The van der Waals surface area contributed by atoms with Crippen LogP contribution in [0.2, 0.25) is 5.02 Å². The van der Waals surface area contributed by atoms with Crippen molar-refractivity contribution in [3.63, 3.8) is 0 Å². The molecule has 0 saturated carbocycles. The number of hydrogen-bond donors (Lipinski definition) is 2. The first-order chi connectivity index (χ1) is 9.01. The normalized spacial score (nSPS) is 15.9. The Morgan fingerprint density at radius 1 is 1.37 bits per heavy atom. The molecule has 0 unspecified atom stereocenters. The maximum absolute atomic E-state index is 11.8. The number of likely N-dealkylation sites (N-methyl/N-ethyl adjacent to an activating group) is 1. The van der Waals surface area contributed by atoms with E-state index in [1.54, 1.807) is 19.2 Å². The molecule has 2 rings (SSSR count). The number of hydrazine groups is 1. The third-order valence-corrected chi connectivity index (χ3v) is 3.23. The van der Waals surface area contributed by atoms with Gasteiger partial charge in [0.2, 0.25) is 11.8 Å². The third-order valence-electron chi connectivity index (χ3n) is 2.88. The molecule has 1 aliphatic heterocycles. The number of nitrogens with one attached hydrogen (secondary N) is 1. The fourth-order valence-electron chi connectivity index (χ4n) is 1.76. The Morgan fingerprint density at radius 2 is 2.11 bits per heavy atom. The third kappa shape index (κ3) is 2.94. The molecule has 1 aromatic rings. The molecule has 1 fully saturated rings. The Kier molecular flexibility index (Phi) is 3.87. The molecule has 1 aromatic heterocycles. The van der Waals surface area contributed by atoms with Gasteiger partial charge in [-0.2, -0.15) is 0 Å². The van der Waals surface area contributed by atoms with Gasteiger partial charge < -0.3 is 15.2 Å². The second-order valence-electron chi connectivity index (χ2n) is 4.27. The number of anilines is 1. The molecule has 0 aromatic carbocycles. The molecule has 0 spiro atoms. The zero-order valence-electron chi connectivity index (χ0n) is 10.4. The van der Waals surface area contributed by atoms with Gasteiger partial charge in [-0.3, -0.25) is 9.59 Å². The van der Waals surface area contributed by atoms with Gasteiger partial charge in [-0.1, -0.05) is 11.6 Å². The Hall–Kier alpha value is -1.86. The van der Waals surface area contributed by atoms with Crippen LogP contribution in [0.1, 0.15) is 5.69 Å². The lowest BCUT2D eigenvalue weighted by molar-refractivity contribution is -0.149. The predicted molar refractivity (Wildman–Crippen MR) is 70.1 cm³/mol. The van der Waals surface area contributed by atoms with Gasteiger partial charge in [0, 0.05) is 7.05 Å². The topological polar surface area (TPSA) is 91.6 Å². The number of pyridine rings is 1. The summed E-state index contributed by atoms with van der Waals surface area (Å²) < 4.78 is 0. The molecule has 3 N–H and O–H groups in total. The van der Waals surface area contributed by atoms with E-state index < -0.39 is 0 Å². The van der Waals surface area contributed by atoms with Crippen LogP contribution in [0.5, 0.6) is 0 Å². The number of rotatable bonds is 3. The molecular weight excluding hydrogens is 270 g/mol. The van der Waals surface area contributed by atoms with Crippen molar-refractivity contribution in [2.75, 3.05) is 25.6 Å². The number of aromatic nitrogens is 1. The highest BCUT2D eigenvalue weighted by Crippen LogP contribution is 2.19. The highest BCUT2D eigenvalue weighted by Gasteiger charge is 2.28. The molecular formula is C11H14ClN5O2. The van der Waals surface area contributed by atoms with Gasteiger partial charge in [0.05, 0.1) is 23.8 Å². The molecule has 1 aliphatic rings. The molecule has 2 amide bonds. The number of nitrogen functional groups attached to an aromatic ring is 1. The summed E-state index contributed by atoms with van der Waals surface area (Å²) in [6.07, 6.45) is 0. The Balaban J connectivity index is 2.16. The first-order valence-corrected chi connectivity index (χ1v) is 6.03. The lowest BCUT2D eigenvalue weighted by Crippen LogP contribution is -2.51. The van der Waals surface area contributed by atoms with Gasteiger partial charge >= 0.3 is 0 Å². The molecule has 1 saturated heterocycles. The summed E-state index contributed by atoms with van der Waals surface area (Å²) >= 11 is 6.02. The van der Waals surface area contributed by atoms with Crippen LogP contribution >= 0.6 is 11.6 Å². The average molecular weight is 284 g/mol. The lowest BCUT2D eigenvalue weighted by atomic mass is 10.2. The summed E-state index contributed by atoms with van der Waals surface area (Å²) in [6.45, 7) is 0.297. The van der Waals surface area contributed by atoms with Crippen molar-refractivity contribution < 1.29 is 9.59 Å². The van der Waals surface area contributed by atoms with Crippen molar-refractivity contribution in [1.82, 2.24) is 14.8 Å². The molecule has 8 heteroatoms. The molecule has 0 atom stereocenters. The van der Waals surface area contributed by atoms with E-state index >= 15 is 0 Å². The fourth-order valence-corrected chi connectivity index (χ4v) is 1.93. The number of nitrogens with two attached hydrogens (primary N) is 1. The van der Waals surface area contributed by atoms with Gasteiger partial charge in [-0.25, -0.2) is 10.8 Å². The van der Waals surface area contributed by atoms with E-state index in [2.05, 4.69) is 10.4 Å². The SMILES string of the molecule is CN1CC(=O)N(Cc2nc(NN)ccc2Cl)CC1=O. The Bertz CT molecular complexity index is 522. The summed E-state index contributed by atoms with van der Waals surface area (Å²) in [5.41, 5.74) is 2.91. The van der Waals surface area contributed by atoms with Crippen molar-refractivity contribution in [3.8, 4) is 0 Å². The number of amides is 2. The van der Waals surface area contributed by atoms with Gasteiger partial charge in [0.1, 0.15) is 12.4 Å². The maximum Gasteiger partial charge on any atom is 0.243 e.